The molecule has 2 N–H and O–H groups in total. The van der Waals surface area contributed by atoms with Crippen molar-refractivity contribution in [3.63, 3.8) is 0 Å². The predicted molar refractivity (Wildman–Crippen MR) is 74.2 cm³/mol. The van der Waals surface area contributed by atoms with Crippen LogP contribution in [0.15, 0.2) is 18.2 Å². The van der Waals surface area contributed by atoms with Gasteiger partial charge < -0.3 is 20.1 Å². The SMILES string of the molecule is COc1cc(N(C)CC2CCCOC2)ccc1N. The van der Waals surface area contributed by atoms with Gasteiger partial charge in [0.25, 0.3) is 0 Å². The van der Waals surface area contributed by atoms with Crippen LogP contribution in [0, 0.1) is 5.92 Å². The zero-order chi connectivity index (χ0) is 13.0. The van der Waals surface area contributed by atoms with Gasteiger partial charge in [0.2, 0.25) is 0 Å². The van der Waals surface area contributed by atoms with Crippen LogP contribution < -0.4 is 15.4 Å². The van der Waals surface area contributed by atoms with Crippen LogP contribution in [0.5, 0.6) is 5.75 Å². The summed E-state index contributed by atoms with van der Waals surface area (Å²) in [5, 5.41) is 0. The first-order chi connectivity index (χ1) is 8.70. The fourth-order valence-corrected chi connectivity index (χ4v) is 2.38. The second-order valence-electron chi connectivity index (χ2n) is 4.89. The van der Waals surface area contributed by atoms with Gasteiger partial charge in [-0.25, -0.2) is 0 Å². The van der Waals surface area contributed by atoms with E-state index in [2.05, 4.69) is 11.9 Å². The number of ether oxygens (including phenoxy) is 2. The molecule has 1 unspecified atom stereocenters. The summed E-state index contributed by atoms with van der Waals surface area (Å²) in [7, 11) is 3.74. The van der Waals surface area contributed by atoms with E-state index in [1.807, 2.05) is 18.2 Å². The minimum absolute atomic E-state index is 0.618. The molecule has 1 aromatic carbocycles. The molecule has 0 saturated carbocycles. The normalized spacial score (nSPS) is 19.6. The first-order valence-electron chi connectivity index (χ1n) is 6.43. The largest absolute Gasteiger partial charge is 0.495 e. The third-order valence-corrected chi connectivity index (χ3v) is 3.44. The fraction of sp³-hybridized carbons (Fsp3) is 0.571. The van der Waals surface area contributed by atoms with Gasteiger partial charge in [0.15, 0.2) is 0 Å². The number of nitrogens with two attached hydrogens (primary N) is 1. The van der Waals surface area contributed by atoms with Crippen molar-refractivity contribution in [1.29, 1.82) is 0 Å². The summed E-state index contributed by atoms with van der Waals surface area (Å²) in [6.07, 6.45) is 2.42. The van der Waals surface area contributed by atoms with Gasteiger partial charge in [0.05, 0.1) is 19.4 Å². The van der Waals surface area contributed by atoms with E-state index in [0.29, 0.717) is 11.6 Å². The average Bonchev–Trinajstić information content (AvgIpc) is 2.40. The quantitative estimate of drug-likeness (QED) is 0.832. The molecule has 4 nitrogen and oxygen atoms in total. The van der Waals surface area contributed by atoms with Crippen molar-refractivity contribution in [2.24, 2.45) is 5.92 Å². The lowest BCUT2D eigenvalue weighted by Crippen LogP contribution is -2.30. The van der Waals surface area contributed by atoms with Gasteiger partial charge in [-0.2, -0.15) is 0 Å². The summed E-state index contributed by atoms with van der Waals surface area (Å²) in [5.74, 6) is 1.35. The van der Waals surface area contributed by atoms with Crippen LogP contribution in [0.3, 0.4) is 0 Å². The first-order valence-corrected chi connectivity index (χ1v) is 6.43. The van der Waals surface area contributed by atoms with Crippen molar-refractivity contribution in [3.05, 3.63) is 18.2 Å². The molecule has 2 rings (SSSR count). The Kier molecular flexibility index (Phi) is 4.31. The number of rotatable bonds is 4. The zero-order valence-electron chi connectivity index (χ0n) is 11.2. The summed E-state index contributed by atoms with van der Waals surface area (Å²) < 4.78 is 10.8. The highest BCUT2D eigenvalue weighted by atomic mass is 16.5. The van der Waals surface area contributed by atoms with Crippen LogP contribution in [-0.2, 0) is 4.74 Å². The molecule has 1 heterocycles. The Balaban J connectivity index is 2.01. The van der Waals surface area contributed by atoms with E-state index in [9.17, 15) is 0 Å². The summed E-state index contributed by atoms with van der Waals surface area (Å²) in [6, 6.07) is 5.91. The molecule has 1 aliphatic heterocycles. The molecule has 18 heavy (non-hydrogen) atoms. The topological polar surface area (TPSA) is 47.7 Å². The molecule has 0 amide bonds. The van der Waals surface area contributed by atoms with Gasteiger partial charge in [-0.05, 0) is 30.9 Å². The van der Waals surface area contributed by atoms with E-state index < -0.39 is 0 Å². The number of nitrogens with zero attached hydrogens (tertiary/aromatic N) is 1. The Morgan fingerprint density at radius 3 is 3.00 bits per heavy atom. The van der Waals surface area contributed by atoms with E-state index in [4.69, 9.17) is 15.2 Å². The molecule has 0 bridgehead atoms. The molecule has 0 aliphatic carbocycles. The van der Waals surface area contributed by atoms with Gasteiger partial charge in [-0.15, -0.1) is 0 Å². The third-order valence-electron chi connectivity index (χ3n) is 3.44. The van der Waals surface area contributed by atoms with Crippen LogP contribution in [0.2, 0.25) is 0 Å². The Hall–Kier alpha value is -1.42. The highest BCUT2D eigenvalue weighted by Crippen LogP contribution is 2.27. The molecule has 0 aromatic heterocycles. The van der Waals surface area contributed by atoms with Crippen LogP contribution in [0.4, 0.5) is 11.4 Å². The van der Waals surface area contributed by atoms with Crippen molar-refractivity contribution < 1.29 is 9.47 Å². The lowest BCUT2D eigenvalue weighted by Gasteiger charge is -2.28. The molecule has 1 fully saturated rings. The van der Waals surface area contributed by atoms with Crippen molar-refractivity contribution in [2.75, 3.05) is 44.5 Å². The second kappa shape index (κ2) is 5.96. The van der Waals surface area contributed by atoms with E-state index in [0.717, 1.165) is 31.2 Å². The van der Waals surface area contributed by atoms with Crippen molar-refractivity contribution in [1.82, 2.24) is 0 Å². The smallest absolute Gasteiger partial charge is 0.143 e. The number of anilines is 2. The average molecular weight is 250 g/mol. The standard InChI is InChI=1S/C14H22N2O2/c1-16(9-11-4-3-7-18-10-11)12-5-6-13(15)14(8-12)17-2/h5-6,8,11H,3-4,7,9-10,15H2,1-2H3. The Morgan fingerprint density at radius 2 is 2.33 bits per heavy atom. The highest BCUT2D eigenvalue weighted by Gasteiger charge is 2.16. The first kappa shape index (κ1) is 13.0. The summed E-state index contributed by atoms with van der Waals surface area (Å²) in [5.41, 5.74) is 7.63. The predicted octanol–water partition coefficient (Wildman–Crippen LogP) is 2.14. The zero-order valence-corrected chi connectivity index (χ0v) is 11.2. The van der Waals surface area contributed by atoms with Gasteiger partial charge >= 0.3 is 0 Å². The van der Waals surface area contributed by atoms with E-state index in [1.54, 1.807) is 7.11 Å². The number of nitrogen functional groups attached to an aromatic ring is 1. The number of methoxy groups -OCH3 is 1. The van der Waals surface area contributed by atoms with Crippen LogP contribution >= 0.6 is 0 Å². The molecule has 100 valence electrons. The molecule has 1 saturated heterocycles. The van der Waals surface area contributed by atoms with E-state index in [1.165, 1.54) is 12.8 Å². The molecule has 1 aliphatic rings. The molecule has 4 heteroatoms. The molecule has 0 spiro atoms. The maximum atomic E-state index is 5.82. The molecular weight excluding hydrogens is 228 g/mol. The third kappa shape index (κ3) is 3.07. The maximum Gasteiger partial charge on any atom is 0.143 e. The van der Waals surface area contributed by atoms with Crippen molar-refractivity contribution >= 4 is 11.4 Å². The second-order valence-corrected chi connectivity index (χ2v) is 4.89. The highest BCUT2D eigenvalue weighted by molar-refractivity contribution is 5.62. The maximum absolute atomic E-state index is 5.82. The molecule has 1 aromatic rings. The molecule has 0 radical (unpaired) electrons. The lowest BCUT2D eigenvalue weighted by atomic mass is 10.0. The van der Waals surface area contributed by atoms with Gasteiger partial charge in [0.1, 0.15) is 5.75 Å². The van der Waals surface area contributed by atoms with Gasteiger partial charge in [0, 0.05) is 32.0 Å². The molecule has 1 atom stereocenters. The monoisotopic (exact) mass is 250 g/mol. The summed E-state index contributed by atoms with van der Waals surface area (Å²) in [4.78, 5) is 2.24. The Labute approximate surface area is 109 Å². The number of hydrogen-bond acceptors (Lipinski definition) is 4. The van der Waals surface area contributed by atoms with Gasteiger partial charge in [-0.3, -0.25) is 0 Å². The van der Waals surface area contributed by atoms with Crippen LogP contribution in [0.25, 0.3) is 0 Å². The fourth-order valence-electron chi connectivity index (χ4n) is 2.38. The molecular formula is C14H22N2O2. The summed E-state index contributed by atoms with van der Waals surface area (Å²) in [6.45, 7) is 2.79. The van der Waals surface area contributed by atoms with Crippen molar-refractivity contribution in [3.8, 4) is 5.75 Å². The van der Waals surface area contributed by atoms with E-state index in [-0.39, 0.29) is 0 Å². The Bertz CT molecular complexity index is 389. The number of benzene rings is 1. The minimum Gasteiger partial charge on any atom is -0.495 e. The van der Waals surface area contributed by atoms with Crippen molar-refractivity contribution in [2.45, 2.75) is 12.8 Å². The number of hydrogen-bond donors (Lipinski definition) is 1. The van der Waals surface area contributed by atoms with Gasteiger partial charge in [-0.1, -0.05) is 0 Å². The Morgan fingerprint density at radius 1 is 1.50 bits per heavy atom. The van der Waals surface area contributed by atoms with Crippen LogP contribution in [-0.4, -0.2) is 33.9 Å². The lowest BCUT2D eigenvalue weighted by molar-refractivity contribution is 0.0576. The summed E-state index contributed by atoms with van der Waals surface area (Å²) >= 11 is 0. The minimum atomic E-state index is 0.618. The van der Waals surface area contributed by atoms with E-state index >= 15 is 0 Å². The van der Waals surface area contributed by atoms with Crippen LogP contribution in [0.1, 0.15) is 12.8 Å².